The molecule has 1 aliphatic heterocycles. The zero-order valence-electron chi connectivity index (χ0n) is 13.0. The van der Waals surface area contributed by atoms with E-state index in [0.717, 1.165) is 19.3 Å². The molecule has 25 heavy (non-hydrogen) atoms. The van der Waals surface area contributed by atoms with Crippen molar-refractivity contribution >= 4 is 51.7 Å². The summed E-state index contributed by atoms with van der Waals surface area (Å²) in [4.78, 5) is 13.1. The van der Waals surface area contributed by atoms with Gasteiger partial charge >= 0.3 is 5.70 Å². The third-order valence-corrected chi connectivity index (χ3v) is 4.92. The highest BCUT2D eigenvalue weighted by atomic mass is 35.5. The van der Waals surface area contributed by atoms with Crippen LogP contribution in [0.2, 0.25) is 0 Å². The van der Waals surface area contributed by atoms with Crippen LogP contribution in [0.3, 0.4) is 0 Å². The van der Waals surface area contributed by atoms with Gasteiger partial charge in [-0.25, -0.2) is 0 Å². The van der Waals surface area contributed by atoms with Gasteiger partial charge < -0.3 is 4.90 Å². The fraction of sp³-hybridized carbons (Fsp3) is 0.333. The van der Waals surface area contributed by atoms with E-state index in [2.05, 4.69) is 10.3 Å². The lowest BCUT2D eigenvalue weighted by molar-refractivity contribution is -0.419. The van der Waals surface area contributed by atoms with Crippen LogP contribution in [0.15, 0.2) is 39.5 Å². The molecule has 1 aromatic carbocycles. The summed E-state index contributed by atoms with van der Waals surface area (Å²) in [6, 6.07) is 7.21. The van der Waals surface area contributed by atoms with Crippen LogP contribution in [0.5, 0.6) is 0 Å². The number of likely N-dealkylation sites (tertiary alicyclic amines) is 1. The number of para-hydroxylation sites is 1. The maximum absolute atomic E-state index is 11.8. The number of aromatic nitrogens is 3. The van der Waals surface area contributed by atoms with Crippen molar-refractivity contribution in [1.82, 2.24) is 19.9 Å². The van der Waals surface area contributed by atoms with Gasteiger partial charge in [0.2, 0.25) is 5.82 Å². The Bertz CT molecular complexity index is 867. The van der Waals surface area contributed by atoms with Crippen LogP contribution >= 0.6 is 34.8 Å². The quantitative estimate of drug-likeness (QED) is 0.435. The summed E-state index contributed by atoms with van der Waals surface area (Å²) in [6.07, 6.45) is 2.89. The van der Waals surface area contributed by atoms with Gasteiger partial charge in [-0.15, -0.1) is 5.10 Å². The minimum atomic E-state index is -0.590. The summed E-state index contributed by atoms with van der Waals surface area (Å²) in [6.45, 7) is 1.29. The molecule has 1 saturated heterocycles. The Hall–Kier alpha value is -1.83. The van der Waals surface area contributed by atoms with E-state index in [9.17, 15) is 10.1 Å². The molecule has 0 saturated carbocycles. The Morgan fingerprint density at radius 3 is 2.44 bits per heavy atom. The van der Waals surface area contributed by atoms with Gasteiger partial charge in [-0.1, -0.05) is 52.1 Å². The second kappa shape index (κ2) is 7.59. The molecule has 7 nitrogen and oxygen atoms in total. The molecule has 2 aromatic rings. The summed E-state index contributed by atoms with van der Waals surface area (Å²) in [7, 11) is 0. The lowest BCUT2D eigenvalue weighted by atomic mass is 10.1. The smallest absolute Gasteiger partial charge is 0.332 e. The lowest BCUT2D eigenvalue weighted by Gasteiger charge is -2.30. The predicted molar refractivity (Wildman–Crippen MR) is 97.7 cm³/mol. The van der Waals surface area contributed by atoms with Crippen molar-refractivity contribution < 1.29 is 4.92 Å². The monoisotopic (exact) mass is 401 g/mol. The van der Waals surface area contributed by atoms with Crippen LogP contribution in [0.25, 0.3) is 16.9 Å². The topological polar surface area (TPSA) is 77.1 Å². The van der Waals surface area contributed by atoms with Gasteiger partial charge in [-0.05, 0) is 31.4 Å². The number of benzene rings is 1. The number of hydrogen-bond donors (Lipinski definition) is 0. The highest BCUT2D eigenvalue weighted by Crippen LogP contribution is 2.33. The van der Waals surface area contributed by atoms with E-state index < -0.39 is 4.92 Å². The summed E-state index contributed by atoms with van der Waals surface area (Å²) >= 11 is 17.6. The number of rotatable bonds is 4. The minimum Gasteiger partial charge on any atom is -0.351 e. The van der Waals surface area contributed by atoms with Crippen LogP contribution in [-0.2, 0) is 0 Å². The average molecular weight is 403 g/mol. The number of nitrogens with zero attached hydrogens (tertiary/aromatic N) is 5. The first-order valence-electron chi connectivity index (χ1n) is 7.66. The molecule has 0 atom stereocenters. The summed E-state index contributed by atoms with van der Waals surface area (Å²) < 4.78 is 1.06. The molecule has 0 N–H and O–H groups in total. The summed E-state index contributed by atoms with van der Waals surface area (Å²) in [5, 5.41) is 19.7. The second-order valence-corrected chi connectivity index (χ2v) is 6.87. The standard InChI is InChI=1S/C15H14Cl3N5O2/c16-12(14(17)18)13(23(24)25)15(21-8-4-1-5-9-21)22-11-7-3-2-6-10(11)19-20-22/h2-3,6-7H,1,4-5,8-9H2/b15-13+. The van der Waals surface area contributed by atoms with Gasteiger partial charge in [0.05, 0.1) is 10.4 Å². The van der Waals surface area contributed by atoms with E-state index in [1.54, 1.807) is 12.1 Å². The zero-order valence-corrected chi connectivity index (χ0v) is 15.3. The van der Waals surface area contributed by atoms with E-state index >= 15 is 0 Å². The summed E-state index contributed by atoms with van der Waals surface area (Å²) in [5.74, 6) is 0.224. The summed E-state index contributed by atoms with van der Waals surface area (Å²) in [5.41, 5.74) is 0.869. The van der Waals surface area contributed by atoms with Crippen LogP contribution in [0.4, 0.5) is 0 Å². The predicted octanol–water partition coefficient (Wildman–Crippen LogP) is 4.21. The van der Waals surface area contributed by atoms with E-state index in [4.69, 9.17) is 34.8 Å². The lowest BCUT2D eigenvalue weighted by Crippen LogP contribution is -2.33. The number of nitro groups is 1. The molecule has 3 rings (SSSR count). The molecular formula is C15H14Cl3N5O2. The molecule has 0 radical (unpaired) electrons. The molecule has 1 fully saturated rings. The molecule has 1 aliphatic rings. The number of hydrogen-bond acceptors (Lipinski definition) is 5. The van der Waals surface area contributed by atoms with E-state index in [1.807, 2.05) is 17.0 Å². The van der Waals surface area contributed by atoms with E-state index in [0.29, 0.717) is 24.1 Å². The SMILES string of the molecule is O=[N+]([O-])/C(C(Cl)=C(Cl)Cl)=C(\N1CCCCC1)n1nnc2ccccc21. The number of halogens is 3. The van der Waals surface area contributed by atoms with Gasteiger partial charge in [0, 0.05) is 13.1 Å². The van der Waals surface area contributed by atoms with Crippen molar-refractivity contribution in [2.24, 2.45) is 0 Å². The molecule has 1 aromatic heterocycles. The maximum Gasteiger partial charge on any atom is 0.332 e. The number of piperidine rings is 1. The second-order valence-electron chi connectivity index (χ2n) is 5.54. The fourth-order valence-corrected chi connectivity index (χ4v) is 3.20. The van der Waals surface area contributed by atoms with Crippen LogP contribution in [-0.4, -0.2) is 37.9 Å². The Morgan fingerprint density at radius 1 is 1.12 bits per heavy atom. The Kier molecular flexibility index (Phi) is 5.46. The van der Waals surface area contributed by atoms with Crippen molar-refractivity contribution in [3.63, 3.8) is 0 Å². The van der Waals surface area contributed by atoms with Gasteiger partial charge in [0.1, 0.15) is 10.0 Å². The van der Waals surface area contributed by atoms with Crippen molar-refractivity contribution in [3.8, 4) is 0 Å². The third kappa shape index (κ3) is 3.58. The first kappa shape index (κ1) is 18.0. The van der Waals surface area contributed by atoms with Gasteiger partial charge in [0.25, 0.3) is 0 Å². The molecule has 10 heteroatoms. The molecule has 0 aliphatic carbocycles. The van der Waals surface area contributed by atoms with Gasteiger partial charge in [0.15, 0.2) is 5.03 Å². The highest BCUT2D eigenvalue weighted by molar-refractivity contribution is 6.59. The molecule has 2 heterocycles. The minimum absolute atomic E-state index is 0.224. The van der Waals surface area contributed by atoms with Gasteiger partial charge in [-0.2, -0.15) is 4.68 Å². The molecule has 132 valence electrons. The van der Waals surface area contributed by atoms with Gasteiger partial charge in [-0.3, -0.25) is 10.1 Å². The number of fused-ring (bicyclic) bond motifs is 1. The van der Waals surface area contributed by atoms with Crippen molar-refractivity contribution in [3.05, 3.63) is 49.6 Å². The molecule has 0 spiro atoms. The fourth-order valence-electron chi connectivity index (χ4n) is 2.86. The zero-order chi connectivity index (χ0) is 18.0. The molecule has 0 amide bonds. The first-order chi connectivity index (χ1) is 12.0. The Labute approximate surface area is 158 Å². The average Bonchev–Trinajstić information content (AvgIpc) is 3.03. The van der Waals surface area contributed by atoms with Crippen LogP contribution in [0.1, 0.15) is 19.3 Å². The molecule has 0 bridgehead atoms. The highest BCUT2D eigenvalue weighted by Gasteiger charge is 2.32. The largest absolute Gasteiger partial charge is 0.351 e. The van der Waals surface area contributed by atoms with Crippen molar-refractivity contribution in [1.29, 1.82) is 0 Å². The van der Waals surface area contributed by atoms with E-state index in [-0.39, 0.29) is 21.0 Å². The van der Waals surface area contributed by atoms with E-state index in [1.165, 1.54) is 4.68 Å². The third-order valence-electron chi connectivity index (χ3n) is 3.98. The first-order valence-corrected chi connectivity index (χ1v) is 8.79. The van der Waals surface area contributed by atoms with Crippen LogP contribution in [0, 0.1) is 10.1 Å². The molecule has 0 unspecified atom stereocenters. The maximum atomic E-state index is 11.8. The Balaban J connectivity index is 2.30. The molecular weight excluding hydrogens is 389 g/mol. The van der Waals surface area contributed by atoms with Crippen LogP contribution < -0.4 is 0 Å². The normalized spacial score (nSPS) is 15.9. The number of allylic oxidation sites excluding steroid dienone is 1. The van der Waals surface area contributed by atoms with Crippen molar-refractivity contribution in [2.45, 2.75) is 19.3 Å². The van der Waals surface area contributed by atoms with Crippen molar-refractivity contribution in [2.75, 3.05) is 13.1 Å². The Morgan fingerprint density at radius 2 is 1.80 bits per heavy atom.